The van der Waals surface area contributed by atoms with Crippen molar-refractivity contribution in [3.05, 3.63) is 0 Å². The van der Waals surface area contributed by atoms with Crippen LogP contribution in [0.25, 0.3) is 0 Å². The molecule has 156 valence electrons. The van der Waals surface area contributed by atoms with Crippen molar-refractivity contribution in [1.29, 1.82) is 0 Å². The van der Waals surface area contributed by atoms with Crippen molar-refractivity contribution < 1.29 is 48.5 Å². The molecule has 0 saturated heterocycles. The number of alkyl halides is 6. The van der Waals surface area contributed by atoms with Gasteiger partial charge in [-0.05, 0) is 18.1 Å². The molecule has 0 fully saturated rings. The molecule has 5 nitrogen and oxygen atoms in total. The number of hydrogen-bond donors (Lipinski definition) is 1. The van der Waals surface area contributed by atoms with E-state index in [1.807, 2.05) is 0 Å². The highest BCUT2D eigenvalue weighted by atomic mass is 32.2. The molecule has 0 aromatic carbocycles. The van der Waals surface area contributed by atoms with Crippen LogP contribution in [0.5, 0.6) is 0 Å². The fraction of sp³-hybridized carbons (Fsp3) is 0.923. The van der Waals surface area contributed by atoms with Gasteiger partial charge in [0.05, 0.1) is 0 Å². The molecule has 0 aliphatic heterocycles. The average molecular weight is 432 g/mol. The standard InChI is InChI=1S/C13H22F6O5SSi/c1-4-7-26(8-5-2,9-6-3)24-10(20)11(14,15)12(16,17)13(18,19)25(21,22)23/h4-9H2,1-3H3,(H,21,22,23). The Morgan fingerprint density at radius 3 is 1.54 bits per heavy atom. The van der Waals surface area contributed by atoms with Gasteiger partial charge >= 0.3 is 33.2 Å². The molecule has 0 aliphatic rings. The van der Waals surface area contributed by atoms with Crippen molar-refractivity contribution in [2.45, 2.75) is 75.3 Å². The van der Waals surface area contributed by atoms with Gasteiger partial charge in [-0.15, -0.1) is 0 Å². The van der Waals surface area contributed by atoms with E-state index in [2.05, 4.69) is 4.43 Å². The van der Waals surface area contributed by atoms with Crippen molar-refractivity contribution in [3.8, 4) is 0 Å². The SMILES string of the molecule is CCC[Si](CCC)(CCC)OC(=O)C(F)(F)C(F)(F)C(F)(F)S(=O)(=O)O. The minimum atomic E-state index is -6.91. The van der Waals surface area contributed by atoms with E-state index in [1.54, 1.807) is 20.8 Å². The minimum Gasteiger partial charge on any atom is -0.515 e. The molecule has 0 atom stereocenters. The summed E-state index contributed by atoms with van der Waals surface area (Å²) in [5.74, 6) is -15.8. The third-order valence-corrected chi connectivity index (χ3v) is 9.52. The number of rotatable bonds is 11. The first kappa shape index (κ1) is 25.2. The van der Waals surface area contributed by atoms with Crippen LogP contribution in [-0.2, 0) is 19.3 Å². The Morgan fingerprint density at radius 1 is 0.923 bits per heavy atom. The molecule has 26 heavy (non-hydrogen) atoms. The molecular formula is C13H22F6O5SSi. The van der Waals surface area contributed by atoms with Crippen molar-refractivity contribution in [2.24, 2.45) is 0 Å². The fourth-order valence-corrected chi connectivity index (χ4v) is 7.39. The molecule has 0 rings (SSSR count). The van der Waals surface area contributed by atoms with Gasteiger partial charge in [0.2, 0.25) is 0 Å². The van der Waals surface area contributed by atoms with Crippen LogP contribution in [0.15, 0.2) is 0 Å². The van der Waals surface area contributed by atoms with Crippen molar-refractivity contribution in [1.82, 2.24) is 0 Å². The Bertz CT molecular complexity index is 579. The predicted octanol–water partition coefficient (Wildman–Crippen LogP) is 4.46. The van der Waals surface area contributed by atoms with Gasteiger partial charge in [0, 0.05) is 0 Å². The van der Waals surface area contributed by atoms with E-state index in [0.29, 0.717) is 19.3 Å². The second kappa shape index (κ2) is 8.46. The van der Waals surface area contributed by atoms with Crippen molar-refractivity contribution in [3.63, 3.8) is 0 Å². The van der Waals surface area contributed by atoms with E-state index >= 15 is 0 Å². The molecule has 0 spiro atoms. The fourth-order valence-electron chi connectivity index (χ4n) is 2.63. The normalized spacial score (nSPS) is 14.4. The molecule has 0 aliphatic carbocycles. The summed E-state index contributed by atoms with van der Waals surface area (Å²) < 4.78 is 115. The van der Waals surface area contributed by atoms with Crippen LogP contribution in [-0.4, -0.2) is 44.4 Å². The highest BCUT2D eigenvalue weighted by Crippen LogP contribution is 2.49. The van der Waals surface area contributed by atoms with E-state index in [4.69, 9.17) is 4.55 Å². The lowest BCUT2D eigenvalue weighted by atomic mass is 10.2. The summed E-state index contributed by atoms with van der Waals surface area (Å²) in [5, 5.41) is -6.58. The first-order valence-electron chi connectivity index (χ1n) is 7.90. The van der Waals surface area contributed by atoms with Crippen LogP contribution in [0.1, 0.15) is 40.0 Å². The monoisotopic (exact) mass is 432 g/mol. The molecule has 0 aromatic rings. The molecule has 0 aromatic heterocycles. The van der Waals surface area contributed by atoms with Crippen LogP contribution in [0, 0.1) is 0 Å². The lowest BCUT2D eigenvalue weighted by Gasteiger charge is -2.35. The Labute approximate surface area is 149 Å². The van der Waals surface area contributed by atoms with Crippen LogP contribution in [0.2, 0.25) is 18.1 Å². The Hall–Kier alpha value is -0.823. The third kappa shape index (κ3) is 4.71. The third-order valence-electron chi connectivity index (χ3n) is 3.77. The lowest BCUT2D eigenvalue weighted by molar-refractivity contribution is -0.276. The number of hydrogen-bond acceptors (Lipinski definition) is 4. The van der Waals surface area contributed by atoms with Gasteiger partial charge in [-0.25, -0.2) is 4.79 Å². The zero-order chi connectivity index (χ0) is 21.0. The summed E-state index contributed by atoms with van der Waals surface area (Å²) in [7, 11) is -10.2. The molecule has 0 heterocycles. The minimum absolute atomic E-state index is 0.163. The van der Waals surface area contributed by atoms with E-state index in [0.717, 1.165) is 0 Å². The van der Waals surface area contributed by atoms with Crippen LogP contribution in [0.3, 0.4) is 0 Å². The van der Waals surface area contributed by atoms with Gasteiger partial charge in [-0.1, -0.05) is 40.0 Å². The molecular weight excluding hydrogens is 410 g/mol. The summed E-state index contributed by atoms with van der Waals surface area (Å²) in [6, 6.07) is 0.490. The van der Waals surface area contributed by atoms with E-state index in [9.17, 15) is 39.6 Å². The Kier molecular flexibility index (Phi) is 8.19. The molecule has 0 saturated carbocycles. The van der Waals surface area contributed by atoms with Crippen molar-refractivity contribution >= 4 is 24.4 Å². The van der Waals surface area contributed by atoms with Crippen molar-refractivity contribution in [2.75, 3.05) is 0 Å². The van der Waals surface area contributed by atoms with Crippen LogP contribution in [0.4, 0.5) is 26.3 Å². The van der Waals surface area contributed by atoms with Gasteiger partial charge in [-0.3, -0.25) is 4.55 Å². The molecule has 0 bridgehead atoms. The van der Waals surface area contributed by atoms with Gasteiger partial charge in [0.25, 0.3) is 8.32 Å². The topological polar surface area (TPSA) is 80.7 Å². The Balaban J connectivity index is 5.94. The number of carbonyl (C=O) groups excluding carboxylic acids is 1. The lowest BCUT2D eigenvalue weighted by Crippen LogP contribution is -2.62. The Morgan fingerprint density at radius 2 is 1.27 bits per heavy atom. The smallest absolute Gasteiger partial charge is 0.438 e. The van der Waals surface area contributed by atoms with E-state index in [-0.39, 0.29) is 18.1 Å². The quantitative estimate of drug-likeness (QED) is 0.296. The zero-order valence-corrected chi connectivity index (χ0v) is 16.3. The maximum atomic E-state index is 13.8. The van der Waals surface area contributed by atoms with Gasteiger partial charge in [-0.2, -0.15) is 34.8 Å². The highest BCUT2D eigenvalue weighted by Gasteiger charge is 2.81. The molecule has 0 radical (unpaired) electrons. The van der Waals surface area contributed by atoms with Crippen LogP contribution >= 0.6 is 0 Å². The number of carbonyl (C=O) groups is 1. The highest BCUT2D eigenvalue weighted by molar-refractivity contribution is 7.87. The summed E-state index contributed by atoms with van der Waals surface area (Å²) in [6.07, 6.45) is 1.17. The molecule has 0 amide bonds. The van der Waals surface area contributed by atoms with Gasteiger partial charge in [0.1, 0.15) is 0 Å². The van der Waals surface area contributed by atoms with E-state index in [1.165, 1.54) is 0 Å². The van der Waals surface area contributed by atoms with E-state index < -0.39 is 41.5 Å². The van der Waals surface area contributed by atoms with Crippen LogP contribution < -0.4 is 0 Å². The summed E-state index contributed by atoms with van der Waals surface area (Å²) in [5.41, 5.74) is 0. The van der Waals surface area contributed by atoms with Gasteiger partial charge < -0.3 is 4.43 Å². The average Bonchev–Trinajstić information content (AvgIpc) is 2.46. The molecule has 0 unspecified atom stereocenters. The maximum Gasteiger partial charge on any atom is 0.438 e. The first-order chi connectivity index (χ1) is 11.6. The molecule has 1 N–H and O–H groups in total. The zero-order valence-electron chi connectivity index (χ0n) is 14.5. The largest absolute Gasteiger partial charge is 0.515 e. The second-order valence-electron chi connectivity index (χ2n) is 5.96. The maximum absolute atomic E-state index is 13.8. The summed E-state index contributed by atoms with van der Waals surface area (Å²) in [6.45, 7) is 4.96. The number of halogens is 6. The summed E-state index contributed by atoms with van der Waals surface area (Å²) >= 11 is 0. The van der Waals surface area contributed by atoms with Gasteiger partial charge in [0.15, 0.2) is 0 Å². The predicted molar refractivity (Wildman–Crippen MR) is 83.5 cm³/mol. The second-order valence-corrected chi connectivity index (χ2v) is 11.5. The summed E-state index contributed by atoms with van der Waals surface area (Å²) in [4.78, 5) is 11.7. The molecule has 13 heteroatoms. The first-order valence-corrected chi connectivity index (χ1v) is 11.9.